The van der Waals surface area contributed by atoms with E-state index < -0.39 is 6.23 Å². The Kier molecular flexibility index (Phi) is 2.39. The molecule has 5 heteroatoms. The van der Waals surface area contributed by atoms with E-state index >= 15 is 0 Å². The second kappa shape index (κ2) is 4.13. The average Bonchev–Trinajstić information content (AvgIpc) is 3.03. The summed E-state index contributed by atoms with van der Waals surface area (Å²) in [7, 11) is 0. The number of amides is 1. The van der Waals surface area contributed by atoms with Crippen molar-refractivity contribution in [2.24, 2.45) is 0 Å². The van der Waals surface area contributed by atoms with Crippen molar-refractivity contribution in [2.75, 3.05) is 0 Å². The number of nitrogens with zero attached hydrogens (tertiary/aromatic N) is 1. The van der Waals surface area contributed by atoms with Crippen LogP contribution in [0, 0.1) is 0 Å². The molecule has 3 heterocycles. The molecular weight excluding hydrogens is 254 g/mol. The number of carbonyl (C=O) groups is 1. The number of hydrogen-bond acceptors (Lipinski definition) is 4. The molecule has 2 aliphatic heterocycles. The fraction of sp³-hybridized carbons (Fsp3) is 0.200. The van der Waals surface area contributed by atoms with E-state index in [1.54, 1.807) is 12.3 Å². The Morgan fingerprint density at radius 2 is 2.15 bits per heavy atom. The Morgan fingerprint density at radius 1 is 1.25 bits per heavy atom. The van der Waals surface area contributed by atoms with Crippen LogP contribution in [-0.2, 0) is 13.1 Å². The molecule has 1 aromatic carbocycles. The molecule has 0 spiro atoms. The second-order valence-electron chi connectivity index (χ2n) is 5.07. The molecular formula is C15H13N3O2. The van der Waals surface area contributed by atoms with Gasteiger partial charge in [-0.1, -0.05) is 12.1 Å². The van der Waals surface area contributed by atoms with Gasteiger partial charge in [0.2, 0.25) is 0 Å². The minimum absolute atomic E-state index is 0.0399. The topological polar surface area (TPSA) is 74.2 Å². The van der Waals surface area contributed by atoms with Crippen LogP contribution in [0.1, 0.15) is 33.3 Å². The van der Waals surface area contributed by atoms with Crippen LogP contribution in [0.25, 0.3) is 11.3 Å². The lowest BCUT2D eigenvalue weighted by Crippen LogP contribution is -2.12. The minimum Gasteiger partial charge on any atom is -0.374 e. The number of pyridine rings is 1. The maximum absolute atomic E-state index is 11.7. The van der Waals surface area contributed by atoms with Gasteiger partial charge in [0, 0.05) is 36.0 Å². The summed E-state index contributed by atoms with van der Waals surface area (Å²) in [4.78, 5) is 16.1. The quantitative estimate of drug-likeness (QED) is 0.723. The lowest BCUT2D eigenvalue weighted by molar-refractivity contribution is 0.0965. The zero-order valence-electron chi connectivity index (χ0n) is 10.7. The summed E-state index contributed by atoms with van der Waals surface area (Å²) in [6.45, 7) is 1.17. The van der Waals surface area contributed by atoms with Gasteiger partial charge in [0.25, 0.3) is 5.91 Å². The molecule has 0 bridgehead atoms. The summed E-state index contributed by atoms with van der Waals surface area (Å²) in [5, 5.41) is 15.6. The van der Waals surface area contributed by atoms with Gasteiger partial charge in [-0.25, -0.2) is 0 Å². The van der Waals surface area contributed by atoms with E-state index in [9.17, 15) is 9.90 Å². The number of aliphatic hydroxyl groups is 1. The fourth-order valence-electron chi connectivity index (χ4n) is 2.89. The monoisotopic (exact) mass is 267 g/mol. The average molecular weight is 267 g/mol. The van der Waals surface area contributed by atoms with Crippen molar-refractivity contribution in [3.8, 4) is 11.3 Å². The third-order valence-corrected chi connectivity index (χ3v) is 3.92. The van der Waals surface area contributed by atoms with Crippen LogP contribution in [0.15, 0.2) is 30.5 Å². The van der Waals surface area contributed by atoms with Gasteiger partial charge >= 0.3 is 0 Å². The van der Waals surface area contributed by atoms with Crippen LogP contribution in [0.4, 0.5) is 0 Å². The van der Waals surface area contributed by atoms with Crippen molar-refractivity contribution in [3.05, 3.63) is 52.7 Å². The third-order valence-electron chi connectivity index (χ3n) is 3.92. The first-order valence-corrected chi connectivity index (χ1v) is 6.55. The van der Waals surface area contributed by atoms with Crippen LogP contribution in [0.5, 0.6) is 0 Å². The smallest absolute Gasteiger partial charge is 0.252 e. The molecule has 1 unspecified atom stereocenters. The maximum Gasteiger partial charge on any atom is 0.252 e. The molecule has 1 aromatic heterocycles. The largest absolute Gasteiger partial charge is 0.374 e. The molecule has 5 nitrogen and oxygen atoms in total. The van der Waals surface area contributed by atoms with Crippen molar-refractivity contribution >= 4 is 5.91 Å². The highest BCUT2D eigenvalue weighted by molar-refractivity contribution is 5.99. The van der Waals surface area contributed by atoms with Crippen molar-refractivity contribution in [2.45, 2.75) is 19.3 Å². The van der Waals surface area contributed by atoms with Crippen molar-refractivity contribution < 1.29 is 9.90 Å². The Hall–Kier alpha value is -2.24. The number of benzene rings is 1. The SMILES string of the molecule is O=C1NCc2c1ccnc2-c1ccc2c(c1)CNC2O. The summed E-state index contributed by atoms with van der Waals surface area (Å²) in [5.41, 5.74) is 5.46. The van der Waals surface area contributed by atoms with E-state index in [1.807, 2.05) is 18.2 Å². The van der Waals surface area contributed by atoms with E-state index in [1.165, 1.54) is 0 Å². The summed E-state index contributed by atoms with van der Waals surface area (Å²) in [6.07, 6.45) is 1.08. The molecule has 100 valence electrons. The Bertz CT molecular complexity index is 727. The number of rotatable bonds is 1. The number of carbonyl (C=O) groups excluding carboxylic acids is 1. The van der Waals surface area contributed by atoms with E-state index in [4.69, 9.17) is 0 Å². The molecule has 1 atom stereocenters. The van der Waals surface area contributed by atoms with Crippen LogP contribution < -0.4 is 10.6 Å². The summed E-state index contributed by atoms with van der Waals surface area (Å²) in [5.74, 6) is -0.0399. The molecule has 1 amide bonds. The molecule has 0 aliphatic carbocycles. The summed E-state index contributed by atoms with van der Waals surface area (Å²) < 4.78 is 0. The van der Waals surface area contributed by atoms with E-state index in [2.05, 4.69) is 15.6 Å². The predicted molar refractivity (Wildman–Crippen MR) is 72.6 cm³/mol. The standard InChI is InChI=1S/C15H13N3O2/c19-14-10-2-1-8(5-9(10)6-17-14)13-12-7-18-15(20)11(12)3-4-16-13/h1-5,14,17,19H,6-7H2,(H,18,20). The Labute approximate surface area is 115 Å². The molecule has 0 fully saturated rings. The number of aliphatic hydroxyl groups excluding tert-OH is 1. The van der Waals surface area contributed by atoms with Gasteiger partial charge in [-0.05, 0) is 23.3 Å². The van der Waals surface area contributed by atoms with Crippen molar-refractivity contribution in [3.63, 3.8) is 0 Å². The van der Waals surface area contributed by atoms with Gasteiger partial charge in [-0.15, -0.1) is 0 Å². The Balaban J connectivity index is 1.85. The first kappa shape index (κ1) is 11.6. The molecule has 3 N–H and O–H groups in total. The minimum atomic E-state index is -0.586. The first-order chi connectivity index (χ1) is 9.74. The van der Waals surface area contributed by atoms with Gasteiger partial charge in [0.05, 0.1) is 5.69 Å². The highest BCUT2D eigenvalue weighted by Gasteiger charge is 2.24. The number of nitrogens with one attached hydrogen (secondary N) is 2. The van der Waals surface area contributed by atoms with Gasteiger partial charge in [0.1, 0.15) is 6.23 Å². The lowest BCUT2D eigenvalue weighted by atomic mass is 9.99. The van der Waals surface area contributed by atoms with Crippen LogP contribution in [0.3, 0.4) is 0 Å². The molecule has 0 saturated heterocycles. The van der Waals surface area contributed by atoms with Crippen LogP contribution in [0.2, 0.25) is 0 Å². The maximum atomic E-state index is 11.7. The first-order valence-electron chi connectivity index (χ1n) is 6.55. The summed E-state index contributed by atoms with van der Waals surface area (Å²) in [6, 6.07) is 7.64. The van der Waals surface area contributed by atoms with Crippen molar-refractivity contribution in [1.82, 2.24) is 15.6 Å². The van der Waals surface area contributed by atoms with Gasteiger partial charge < -0.3 is 10.4 Å². The van der Waals surface area contributed by atoms with Crippen molar-refractivity contribution in [1.29, 1.82) is 0 Å². The van der Waals surface area contributed by atoms with Crippen LogP contribution in [-0.4, -0.2) is 16.0 Å². The van der Waals surface area contributed by atoms with Gasteiger partial charge in [-0.3, -0.25) is 15.1 Å². The number of aromatic nitrogens is 1. The van der Waals surface area contributed by atoms with E-state index in [-0.39, 0.29) is 5.91 Å². The molecule has 20 heavy (non-hydrogen) atoms. The summed E-state index contributed by atoms with van der Waals surface area (Å²) >= 11 is 0. The predicted octanol–water partition coefficient (Wildman–Crippen LogP) is 1.09. The van der Waals surface area contributed by atoms with Crippen LogP contribution >= 0.6 is 0 Å². The van der Waals surface area contributed by atoms with Gasteiger partial charge in [-0.2, -0.15) is 0 Å². The normalized spacial score (nSPS) is 19.6. The van der Waals surface area contributed by atoms with Gasteiger partial charge in [0.15, 0.2) is 0 Å². The highest BCUT2D eigenvalue weighted by atomic mass is 16.3. The van der Waals surface area contributed by atoms with E-state index in [0.717, 1.165) is 27.9 Å². The molecule has 2 aromatic rings. The molecule has 0 radical (unpaired) electrons. The number of fused-ring (bicyclic) bond motifs is 2. The lowest BCUT2D eigenvalue weighted by Gasteiger charge is -2.08. The zero-order valence-corrected chi connectivity index (χ0v) is 10.7. The van der Waals surface area contributed by atoms with E-state index in [0.29, 0.717) is 18.7 Å². The number of hydrogen-bond donors (Lipinski definition) is 3. The highest BCUT2D eigenvalue weighted by Crippen LogP contribution is 2.31. The fourth-order valence-corrected chi connectivity index (χ4v) is 2.89. The molecule has 4 rings (SSSR count). The Morgan fingerprint density at radius 3 is 3.05 bits per heavy atom. The third kappa shape index (κ3) is 1.57. The second-order valence-corrected chi connectivity index (χ2v) is 5.07. The zero-order chi connectivity index (χ0) is 13.7. The molecule has 0 saturated carbocycles. The molecule has 2 aliphatic rings.